The number of ether oxygens (including phenoxy) is 1. The largest absolute Gasteiger partial charge is 0.508 e. The summed E-state index contributed by atoms with van der Waals surface area (Å²) >= 11 is 0. The van der Waals surface area contributed by atoms with E-state index in [9.17, 15) is 10.2 Å². The van der Waals surface area contributed by atoms with E-state index in [1.165, 1.54) is 31.4 Å². The van der Waals surface area contributed by atoms with Crippen LogP contribution in [0, 0.1) is 11.3 Å². The number of phenolic OH excluding ortho intramolecular Hbond substituents is 1. The minimum absolute atomic E-state index is 0.0587. The monoisotopic (exact) mass is 209 g/mol. The van der Waals surface area contributed by atoms with E-state index in [-0.39, 0.29) is 11.3 Å². The average Bonchev–Trinajstić information content (AvgIpc) is 2.27. The topological polar surface area (TPSA) is 93.7 Å². The van der Waals surface area contributed by atoms with Crippen molar-refractivity contribution in [2.75, 3.05) is 7.11 Å². The molecule has 0 fully saturated rings. The van der Waals surface area contributed by atoms with Crippen LogP contribution in [0.2, 0.25) is 0 Å². The van der Waals surface area contributed by atoms with Crippen molar-refractivity contribution in [2.45, 2.75) is 12.2 Å². The van der Waals surface area contributed by atoms with Crippen molar-refractivity contribution in [3.8, 4) is 17.6 Å². The molecular weight excluding hydrogens is 198 g/mol. The number of benzene rings is 1. The first-order valence-electron chi connectivity index (χ1n) is 4.22. The van der Waals surface area contributed by atoms with Gasteiger partial charge in [-0.1, -0.05) is 0 Å². The first-order chi connectivity index (χ1) is 7.10. The Hall–Kier alpha value is -1.77. The van der Waals surface area contributed by atoms with E-state index >= 15 is 0 Å². The number of nitrogens with zero attached hydrogens (tertiary/aromatic N) is 1. The highest BCUT2D eigenvalue weighted by atomic mass is 16.5. The van der Waals surface area contributed by atoms with Crippen LogP contribution in [-0.2, 0) is 0 Å². The number of rotatable bonds is 3. The summed E-state index contributed by atoms with van der Waals surface area (Å²) in [5.41, 5.74) is 0.0587. The normalized spacial score (nSPS) is 14.0. The predicted octanol–water partition coefficient (Wildman–Crippen LogP) is 0.319. The summed E-state index contributed by atoms with van der Waals surface area (Å²) in [5, 5.41) is 36.4. The minimum atomic E-state index is -1.58. The standard InChI is InChI=1S/C10H11NO4/c1-15-6-2-3-8(12)7(4-6)10(14)9(13)5-11/h2-4,9-10,12-14H,1H3. The Bertz CT molecular complexity index is 385. The molecular formula is C10H11NO4. The zero-order chi connectivity index (χ0) is 11.4. The predicted molar refractivity (Wildman–Crippen MR) is 51.2 cm³/mol. The molecule has 0 heterocycles. The van der Waals surface area contributed by atoms with Crippen molar-refractivity contribution in [3.05, 3.63) is 23.8 Å². The zero-order valence-corrected chi connectivity index (χ0v) is 8.08. The summed E-state index contributed by atoms with van der Waals surface area (Å²) in [6, 6.07) is 5.67. The van der Waals surface area contributed by atoms with Gasteiger partial charge >= 0.3 is 0 Å². The second-order valence-corrected chi connectivity index (χ2v) is 2.94. The summed E-state index contributed by atoms with van der Waals surface area (Å²) in [6.45, 7) is 0. The molecule has 1 rings (SSSR count). The Balaban J connectivity index is 3.07. The number of phenols is 1. The van der Waals surface area contributed by atoms with Gasteiger partial charge in [0.05, 0.1) is 13.2 Å². The van der Waals surface area contributed by atoms with Crippen LogP contribution < -0.4 is 4.74 Å². The van der Waals surface area contributed by atoms with E-state index < -0.39 is 12.2 Å². The van der Waals surface area contributed by atoms with Crippen molar-refractivity contribution >= 4 is 0 Å². The molecule has 0 aliphatic rings. The maximum atomic E-state index is 9.50. The quantitative estimate of drug-likeness (QED) is 0.623. The summed E-state index contributed by atoms with van der Waals surface area (Å²) in [4.78, 5) is 0. The van der Waals surface area contributed by atoms with Gasteiger partial charge in [0.25, 0.3) is 0 Å². The van der Waals surface area contributed by atoms with Crippen LogP contribution in [0.1, 0.15) is 11.7 Å². The molecule has 0 bridgehead atoms. The van der Waals surface area contributed by atoms with Crippen LogP contribution in [0.3, 0.4) is 0 Å². The van der Waals surface area contributed by atoms with Crippen molar-refractivity contribution in [1.82, 2.24) is 0 Å². The van der Waals surface area contributed by atoms with Crippen LogP contribution in [0.25, 0.3) is 0 Å². The Morgan fingerprint density at radius 2 is 2.07 bits per heavy atom. The molecule has 0 aliphatic heterocycles. The minimum Gasteiger partial charge on any atom is -0.508 e. The van der Waals surface area contributed by atoms with Gasteiger partial charge in [-0.2, -0.15) is 5.26 Å². The fourth-order valence-corrected chi connectivity index (χ4v) is 1.14. The Kier molecular flexibility index (Phi) is 3.50. The molecule has 3 N–H and O–H groups in total. The highest BCUT2D eigenvalue weighted by Gasteiger charge is 2.21. The molecule has 0 radical (unpaired) electrons. The number of hydrogen-bond acceptors (Lipinski definition) is 5. The van der Waals surface area contributed by atoms with Crippen LogP contribution >= 0.6 is 0 Å². The van der Waals surface area contributed by atoms with Crippen molar-refractivity contribution in [2.24, 2.45) is 0 Å². The summed E-state index contributed by atoms with van der Waals surface area (Å²) < 4.78 is 4.89. The van der Waals surface area contributed by atoms with Crippen molar-refractivity contribution in [1.29, 1.82) is 5.26 Å². The van der Waals surface area contributed by atoms with E-state index in [1.54, 1.807) is 0 Å². The number of hydrogen-bond donors (Lipinski definition) is 3. The average molecular weight is 209 g/mol. The fourth-order valence-electron chi connectivity index (χ4n) is 1.14. The molecule has 1 aromatic carbocycles. The lowest BCUT2D eigenvalue weighted by molar-refractivity contribution is 0.0510. The van der Waals surface area contributed by atoms with E-state index in [4.69, 9.17) is 15.1 Å². The summed E-state index contributed by atoms with van der Waals surface area (Å²) in [5.74, 6) is 0.226. The van der Waals surface area contributed by atoms with Crippen molar-refractivity contribution < 1.29 is 20.1 Å². The molecule has 5 heteroatoms. The Morgan fingerprint density at radius 1 is 1.40 bits per heavy atom. The van der Waals surface area contributed by atoms with Gasteiger partial charge in [-0.05, 0) is 18.2 Å². The smallest absolute Gasteiger partial charge is 0.170 e. The molecule has 2 atom stereocenters. The highest BCUT2D eigenvalue weighted by Crippen LogP contribution is 2.29. The van der Waals surface area contributed by atoms with Crippen LogP contribution in [-0.4, -0.2) is 28.5 Å². The Morgan fingerprint density at radius 3 is 2.60 bits per heavy atom. The third kappa shape index (κ3) is 2.37. The second kappa shape index (κ2) is 4.64. The molecule has 15 heavy (non-hydrogen) atoms. The molecule has 5 nitrogen and oxygen atoms in total. The molecule has 1 aromatic rings. The summed E-state index contributed by atoms with van der Waals surface area (Å²) in [7, 11) is 1.43. The first kappa shape index (κ1) is 11.3. The molecule has 0 spiro atoms. The van der Waals surface area contributed by atoms with Gasteiger partial charge in [-0.25, -0.2) is 0 Å². The maximum absolute atomic E-state index is 9.50. The molecule has 0 aromatic heterocycles. The van der Waals surface area contributed by atoms with Gasteiger partial charge in [-0.15, -0.1) is 0 Å². The van der Waals surface area contributed by atoms with Gasteiger partial charge in [0.2, 0.25) is 0 Å². The number of methoxy groups -OCH3 is 1. The lowest BCUT2D eigenvalue weighted by atomic mass is 10.0. The van der Waals surface area contributed by atoms with Gasteiger partial charge in [0.1, 0.15) is 17.6 Å². The molecule has 0 saturated carbocycles. The third-order valence-electron chi connectivity index (χ3n) is 1.98. The summed E-state index contributed by atoms with van der Waals surface area (Å²) in [6.07, 6.45) is -3.03. The molecule has 80 valence electrons. The lowest BCUT2D eigenvalue weighted by Gasteiger charge is -2.14. The van der Waals surface area contributed by atoms with E-state index in [0.717, 1.165) is 0 Å². The Labute approximate surface area is 86.8 Å². The number of aliphatic hydroxyl groups excluding tert-OH is 2. The van der Waals surface area contributed by atoms with Crippen LogP contribution in [0.5, 0.6) is 11.5 Å². The third-order valence-corrected chi connectivity index (χ3v) is 1.98. The molecule has 0 aliphatic carbocycles. The number of aromatic hydroxyl groups is 1. The maximum Gasteiger partial charge on any atom is 0.170 e. The van der Waals surface area contributed by atoms with E-state index in [0.29, 0.717) is 5.75 Å². The molecule has 2 unspecified atom stereocenters. The van der Waals surface area contributed by atoms with Crippen LogP contribution in [0.15, 0.2) is 18.2 Å². The van der Waals surface area contributed by atoms with Gasteiger partial charge < -0.3 is 20.1 Å². The number of nitriles is 1. The lowest BCUT2D eigenvalue weighted by Crippen LogP contribution is -2.15. The fraction of sp³-hybridized carbons (Fsp3) is 0.300. The van der Waals surface area contributed by atoms with Gasteiger partial charge in [0.15, 0.2) is 6.10 Å². The van der Waals surface area contributed by atoms with Crippen molar-refractivity contribution in [3.63, 3.8) is 0 Å². The SMILES string of the molecule is COc1ccc(O)c(C(O)C(O)C#N)c1. The highest BCUT2D eigenvalue weighted by molar-refractivity contribution is 5.41. The van der Waals surface area contributed by atoms with Crippen LogP contribution in [0.4, 0.5) is 0 Å². The first-order valence-corrected chi connectivity index (χ1v) is 4.22. The number of aliphatic hydroxyl groups is 2. The van der Waals surface area contributed by atoms with Gasteiger partial charge in [-0.3, -0.25) is 0 Å². The van der Waals surface area contributed by atoms with E-state index in [1.807, 2.05) is 0 Å². The second-order valence-electron chi connectivity index (χ2n) is 2.94. The molecule has 0 amide bonds. The molecule has 0 saturated heterocycles. The zero-order valence-electron chi connectivity index (χ0n) is 8.08. The van der Waals surface area contributed by atoms with E-state index in [2.05, 4.69) is 0 Å². The van der Waals surface area contributed by atoms with Gasteiger partial charge in [0, 0.05) is 5.56 Å².